The maximum Gasteiger partial charge on any atom is 0.217 e. The van der Waals surface area contributed by atoms with Crippen molar-refractivity contribution in [2.45, 2.75) is 95.5 Å². The third-order valence-electron chi connectivity index (χ3n) is 7.01. The number of hydrogen-bond acceptors (Lipinski definition) is 5. The molecule has 2 heterocycles. The first kappa shape index (κ1) is 23.6. The average molecular weight is 416 g/mol. The summed E-state index contributed by atoms with van der Waals surface area (Å²) in [4.78, 5) is 16.3. The van der Waals surface area contributed by atoms with Crippen molar-refractivity contribution < 1.29 is 13.2 Å². The van der Waals surface area contributed by atoms with Crippen LogP contribution in [0.3, 0.4) is 0 Å². The Morgan fingerprint density at radius 2 is 1.29 bits per heavy atom. The minimum Gasteiger partial charge on any atom is -0.354 e. The molecule has 1 amide bonds. The number of nitrogens with zero attached hydrogens (tertiary/aromatic N) is 2. The molecule has 28 heavy (non-hydrogen) atoms. The van der Waals surface area contributed by atoms with Crippen LogP contribution in [0.4, 0.5) is 0 Å². The highest BCUT2D eigenvalue weighted by Crippen LogP contribution is 2.32. The van der Waals surface area contributed by atoms with Crippen LogP contribution in [0, 0.1) is 0 Å². The summed E-state index contributed by atoms with van der Waals surface area (Å²) in [5, 5.41) is 2.89. The fraction of sp³-hybridized carbons (Fsp3) is 0.952. The van der Waals surface area contributed by atoms with E-state index < -0.39 is 9.84 Å². The first-order valence-corrected chi connectivity index (χ1v) is 12.7. The lowest BCUT2D eigenvalue weighted by Crippen LogP contribution is -2.54. The lowest BCUT2D eigenvalue weighted by Gasteiger charge is -2.47. The molecule has 0 aliphatic carbocycles. The van der Waals surface area contributed by atoms with Gasteiger partial charge in [-0.2, -0.15) is 0 Å². The smallest absolute Gasteiger partial charge is 0.217 e. The van der Waals surface area contributed by atoms with E-state index in [-0.39, 0.29) is 22.2 Å². The number of likely N-dealkylation sites (tertiary alicyclic amines) is 2. The van der Waals surface area contributed by atoms with Crippen molar-refractivity contribution in [1.82, 2.24) is 15.1 Å². The highest BCUT2D eigenvalue weighted by Gasteiger charge is 2.37. The lowest BCUT2D eigenvalue weighted by molar-refractivity contribution is -0.120. The fourth-order valence-electron chi connectivity index (χ4n) is 4.73. The summed E-state index contributed by atoms with van der Waals surface area (Å²) in [6, 6.07) is 0.317. The van der Waals surface area contributed by atoms with E-state index in [1.807, 2.05) is 0 Å². The van der Waals surface area contributed by atoms with Gasteiger partial charge in [-0.05, 0) is 79.3 Å². The maximum absolute atomic E-state index is 11.8. The molecule has 2 rings (SSSR count). The monoisotopic (exact) mass is 415 g/mol. The van der Waals surface area contributed by atoms with Crippen LogP contribution in [-0.2, 0) is 14.6 Å². The van der Waals surface area contributed by atoms with E-state index in [1.54, 1.807) is 6.92 Å². The largest absolute Gasteiger partial charge is 0.354 e. The Labute approximate surface area is 172 Å². The van der Waals surface area contributed by atoms with Crippen LogP contribution < -0.4 is 5.32 Å². The number of sulfone groups is 1. The molecule has 0 spiro atoms. The zero-order valence-corrected chi connectivity index (χ0v) is 19.6. The molecule has 2 aliphatic rings. The Kier molecular flexibility index (Phi) is 7.59. The van der Waals surface area contributed by atoms with Gasteiger partial charge in [0.25, 0.3) is 0 Å². The quantitative estimate of drug-likeness (QED) is 0.692. The highest BCUT2D eigenvalue weighted by molar-refractivity contribution is 7.91. The zero-order valence-electron chi connectivity index (χ0n) is 18.8. The average Bonchev–Trinajstić information content (AvgIpc) is 2.60. The van der Waals surface area contributed by atoms with Gasteiger partial charge in [0.2, 0.25) is 5.91 Å². The molecule has 6 nitrogen and oxygen atoms in total. The van der Waals surface area contributed by atoms with E-state index in [9.17, 15) is 13.2 Å². The van der Waals surface area contributed by atoms with Gasteiger partial charge in [-0.25, -0.2) is 8.42 Å². The summed E-state index contributed by atoms with van der Waals surface area (Å²) in [7, 11) is -2.92. The van der Waals surface area contributed by atoms with Crippen molar-refractivity contribution in [2.75, 3.05) is 32.4 Å². The third-order valence-corrected chi connectivity index (χ3v) is 8.69. The van der Waals surface area contributed by atoms with Crippen molar-refractivity contribution in [3.63, 3.8) is 0 Å². The molecule has 0 aromatic heterocycles. The van der Waals surface area contributed by atoms with Gasteiger partial charge >= 0.3 is 0 Å². The number of amides is 1. The number of carbonyl (C=O) groups excluding carboxylic acids is 1. The first-order chi connectivity index (χ1) is 12.8. The van der Waals surface area contributed by atoms with E-state index in [0.29, 0.717) is 6.04 Å². The van der Waals surface area contributed by atoms with Crippen LogP contribution in [0.15, 0.2) is 0 Å². The number of carbonyl (C=O) groups is 1. The predicted molar refractivity (Wildman–Crippen MR) is 115 cm³/mol. The van der Waals surface area contributed by atoms with E-state index in [0.717, 1.165) is 64.7 Å². The molecule has 164 valence electrons. The van der Waals surface area contributed by atoms with Gasteiger partial charge in [0.15, 0.2) is 0 Å². The summed E-state index contributed by atoms with van der Waals surface area (Å²) in [5.74, 6) is 0.0686. The van der Waals surface area contributed by atoms with Crippen LogP contribution in [0.25, 0.3) is 0 Å². The van der Waals surface area contributed by atoms with Gasteiger partial charge in [0.05, 0.1) is 5.25 Å². The topological polar surface area (TPSA) is 69.7 Å². The molecule has 0 aromatic carbocycles. The minimum atomic E-state index is -2.92. The molecular formula is C21H41N3O3S. The highest BCUT2D eigenvalue weighted by atomic mass is 32.2. The van der Waals surface area contributed by atoms with Gasteiger partial charge in [0, 0.05) is 43.4 Å². The molecule has 2 fully saturated rings. The second kappa shape index (κ2) is 9.00. The molecule has 2 aliphatic heterocycles. The summed E-state index contributed by atoms with van der Waals surface area (Å²) in [6.45, 7) is 14.6. The van der Waals surface area contributed by atoms with Crippen molar-refractivity contribution in [3.05, 3.63) is 0 Å². The Morgan fingerprint density at radius 3 is 1.64 bits per heavy atom. The normalized spacial score (nSPS) is 22.4. The van der Waals surface area contributed by atoms with Gasteiger partial charge in [-0.3, -0.25) is 14.6 Å². The van der Waals surface area contributed by atoms with E-state index in [4.69, 9.17) is 0 Å². The Morgan fingerprint density at radius 1 is 0.893 bits per heavy atom. The van der Waals surface area contributed by atoms with Gasteiger partial charge in [0.1, 0.15) is 9.84 Å². The lowest BCUT2D eigenvalue weighted by atomic mass is 9.85. The molecule has 0 radical (unpaired) electrons. The second-order valence-electron chi connectivity index (χ2n) is 10.1. The van der Waals surface area contributed by atoms with Gasteiger partial charge in [-0.15, -0.1) is 0 Å². The fourth-order valence-corrected chi connectivity index (χ4v) is 5.80. The van der Waals surface area contributed by atoms with Crippen LogP contribution in [-0.4, -0.2) is 78.9 Å². The molecule has 0 atom stereocenters. The van der Waals surface area contributed by atoms with Gasteiger partial charge < -0.3 is 5.32 Å². The molecule has 2 saturated heterocycles. The molecule has 0 aromatic rings. The summed E-state index contributed by atoms with van der Waals surface area (Å²) in [5.41, 5.74) is 0.206. The molecular weight excluding hydrogens is 374 g/mol. The van der Waals surface area contributed by atoms with E-state index in [1.165, 1.54) is 6.26 Å². The van der Waals surface area contributed by atoms with Crippen molar-refractivity contribution >= 4 is 15.7 Å². The zero-order chi connectivity index (χ0) is 21.2. The van der Waals surface area contributed by atoms with Crippen molar-refractivity contribution in [1.29, 1.82) is 0 Å². The molecule has 0 bridgehead atoms. The molecule has 7 heteroatoms. The maximum atomic E-state index is 11.8. The van der Waals surface area contributed by atoms with E-state index >= 15 is 0 Å². The van der Waals surface area contributed by atoms with Crippen molar-refractivity contribution in [2.24, 2.45) is 0 Å². The number of rotatable bonds is 7. The van der Waals surface area contributed by atoms with Gasteiger partial charge in [-0.1, -0.05) is 0 Å². The molecule has 1 N–H and O–H groups in total. The number of piperidine rings is 2. The SMILES string of the molecule is CC(=O)NC1CCN(C(C)(C)CCC(C)(C)N2CCC(S(C)(=O)=O)CC2)CC1. The van der Waals surface area contributed by atoms with Crippen molar-refractivity contribution in [3.8, 4) is 0 Å². The third kappa shape index (κ3) is 6.42. The first-order valence-electron chi connectivity index (χ1n) is 10.8. The second-order valence-corrected chi connectivity index (χ2v) is 12.4. The Balaban J connectivity index is 1.83. The Hall–Kier alpha value is -0.660. The standard InChI is InChI=1S/C21H41N3O3S/c1-17(25)22-18-7-13-23(14-8-18)20(2,3)11-12-21(4,5)24-15-9-19(10-16-24)28(6,26)27/h18-19H,7-16H2,1-6H3,(H,22,25). The van der Waals surface area contributed by atoms with Crippen LogP contribution in [0.1, 0.15) is 73.1 Å². The Bertz CT molecular complexity index is 629. The molecule has 0 saturated carbocycles. The molecule has 0 unspecified atom stereocenters. The van der Waals surface area contributed by atoms with Crippen LogP contribution in [0.5, 0.6) is 0 Å². The summed E-state index contributed by atoms with van der Waals surface area (Å²) >= 11 is 0. The predicted octanol–water partition coefficient (Wildman–Crippen LogP) is 2.43. The number of hydrogen-bond donors (Lipinski definition) is 1. The van der Waals surface area contributed by atoms with Crippen LogP contribution >= 0.6 is 0 Å². The minimum absolute atomic E-state index is 0.0686. The number of nitrogens with one attached hydrogen (secondary N) is 1. The van der Waals surface area contributed by atoms with Crippen LogP contribution in [0.2, 0.25) is 0 Å². The van der Waals surface area contributed by atoms with E-state index in [2.05, 4.69) is 42.8 Å². The summed E-state index contributed by atoms with van der Waals surface area (Å²) in [6.07, 6.45) is 7.11. The summed E-state index contributed by atoms with van der Waals surface area (Å²) < 4.78 is 23.6.